The van der Waals surface area contributed by atoms with Crippen molar-refractivity contribution in [3.05, 3.63) is 41.4 Å². The van der Waals surface area contributed by atoms with Crippen LogP contribution >= 0.6 is 0 Å². The lowest BCUT2D eigenvalue weighted by atomic mass is 10.1. The number of amidine groups is 1. The largest absolute Gasteiger partial charge is 0.347 e. The summed E-state index contributed by atoms with van der Waals surface area (Å²) in [4.78, 5) is 23.1. The van der Waals surface area contributed by atoms with E-state index in [1.54, 1.807) is 6.20 Å². The van der Waals surface area contributed by atoms with Gasteiger partial charge in [-0.05, 0) is 58.3 Å². The Bertz CT molecular complexity index is 677. The molecule has 162 valence electrons. The van der Waals surface area contributed by atoms with Gasteiger partial charge in [-0.15, -0.1) is 0 Å². The fraction of sp³-hybridized carbons (Fsp3) is 0.625. The van der Waals surface area contributed by atoms with Crippen LogP contribution in [0.5, 0.6) is 0 Å². The number of aromatic nitrogens is 1. The number of hydrogen-bond acceptors (Lipinski definition) is 5. The van der Waals surface area contributed by atoms with Crippen LogP contribution in [0.1, 0.15) is 83.7 Å². The predicted molar refractivity (Wildman–Crippen MR) is 123 cm³/mol. The quantitative estimate of drug-likeness (QED) is 0.720. The number of hydrogen-bond donors (Lipinski definition) is 1. The van der Waals surface area contributed by atoms with Crippen LogP contribution in [-0.2, 0) is 11.3 Å². The molecule has 5 nitrogen and oxygen atoms in total. The number of aliphatic imine (C=N–C) groups is 1. The first-order valence-corrected chi connectivity index (χ1v) is 11.3. The maximum absolute atomic E-state index is 11.7. The van der Waals surface area contributed by atoms with Crippen molar-refractivity contribution in [2.75, 3.05) is 13.1 Å². The van der Waals surface area contributed by atoms with E-state index in [4.69, 9.17) is 0 Å². The van der Waals surface area contributed by atoms with Crippen molar-refractivity contribution in [1.82, 2.24) is 15.2 Å². The van der Waals surface area contributed by atoms with Crippen LogP contribution in [0, 0.1) is 6.92 Å². The number of fused-ring (bicyclic) bond motifs is 3. The van der Waals surface area contributed by atoms with Crippen LogP contribution in [0.2, 0.25) is 0 Å². The standard InChI is InChI=1S/C16H19N3O.C6H15N.C2H6/c1-11-5-8-14-15(18-11)10-19-12(2)6-7-13(20)4-3-9-17-16(14)19;1-3-5-7-6-4-2;1-2/h3,5,8-9,12H,4,6-7,10H2,1-2H3;7H,3-6H2,1-2H3;1-2H3/b9-3+,17-16?;;. The van der Waals surface area contributed by atoms with Crippen LogP contribution < -0.4 is 5.32 Å². The Morgan fingerprint density at radius 1 is 1.17 bits per heavy atom. The summed E-state index contributed by atoms with van der Waals surface area (Å²) in [5, 5.41) is 3.28. The number of aryl methyl sites for hydroxylation is 1. The van der Waals surface area contributed by atoms with E-state index in [-0.39, 0.29) is 5.78 Å². The van der Waals surface area contributed by atoms with E-state index in [1.165, 1.54) is 25.9 Å². The van der Waals surface area contributed by atoms with E-state index in [0.717, 1.165) is 35.8 Å². The monoisotopic (exact) mass is 400 g/mol. The first kappa shape index (κ1) is 25.0. The molecule has 0 aromatic carbocycles. The van der Waals surface area contributed by atoms with Gasteiger partial charge in [0.1, 0.15) is 11.6 Å². The lowest BCUT2D eigenvalue weighted by molar-refractivity contribution is -0.118. The smallest absolute Gasteiger partial charge is 0.138 e. The van der Waals surface area contributed by atoms with Crippen molar-refractivity contribution in [3.8, 4) is 0 Å². The van der Waals surface area contributed by atoms with Crippen molar-refractivity contribution >= 4 is 11.6 Å². The van der Waals surface area contributed by atoms with E-state index in [9.17, 15) is 4.79 Å². The molecule has 0 spiro atoms. The molecule has 0 fully saturated rings. The molecule has 2 aliphatic heterocycles. The van der Waals surface area contributed by atoms with Gasteiger partial charge in [0, 0.05) is 36.3 Å². The Labute approximate surface area is 177 Å². The van der Waals surface area contributed by atoms with Gasteiger partial charge < -0.3 is 10.2 Å². The maximum atomic E-state index is 11.7. The Hall–Kier alpha value is -2.01. The molecule has 29 heavy (non-hydrogen) atoms. The van der Waals surface area contributed by atoms with Gasteiger partial charge >= 0.3 is 0 Å². The van der Waals surface area contributed by atoms with E-state index in [1.807, 2.05) is 32.9 Å². The summed E-state index contributed by atoms with van der Waals surface area (Å²) in [6.45, 7) is 15.7. The molecule has 1 unspecified atom stereocenters. The molecule has 0 radical (unpaired) electrons. The third-order valence-electron chi connectivity index (χ3n) is 4.82. The summed E-state index contributed by atoms with van der Waals surface area (Å²) in [6, 6.07) is 4.44. The number of pyridine rings is 1. The molecule has 3 heterocycles. The highest BCUT2D eigenvalue weighted by Crippen LogP contribution is 2.26. The molecule has 3 rings (SSSR count). The Kier molecular flexibility index (Phi) is 12.1. The highest BCUT2D eigenvalue weighted by atomic mass is 16.1. The van der Waals surface area contributed by atoms with Crippen LogP contribution in [0.3, 0.4) is 0 Å². The minimum atomic E-state index is 0.289. The Morgan fingerprint density at radius 2 is 1.86 bits per heavy atom. The van der Waals surface area contributed by atoms with Gasteiger partial charge in [-0.1, -0.05) is 33.8 Å². The fourth-order valence-electron chi connectivity index (χ4n) is 3.25. The number of ketones is 1. The highest BCUT2D eigenvalue weighted by molar-refractivity contribution is 6.02. The Balaban J connectivity index is 0.000000399. The second kappa shape index (κ2) is 14.0. The molecule has 0 bridgehead atoms. The molecular formula is C24H40N4O. The summed E-state index contributed by atoms with van der Waals surface area (Å²) >= 11 is 0. The topological polar surface area (TPSA) is 57.6 Å². The van der Waals surface area contributed by atoms with Crippen molar-refractivity contribution in [3.63, 3.8) is 0 Å². The van der Waals surface area contributed by atoms with Gasteiger partial charge in [0.25, 0.3) is 0 Å². The molecule has 1 N–H and O–H groups in total. The molecule has 5 heteroatoms. The summed E-state index contributed by atoms with van der Waals surface area (Å²) in [5.41, 5.74) is 3.25. The van der Waals surface area contributed by atoms with Crippen LogP contribution in [0.15, 0.2) is 29.4 Å². The summed E-state index contributed by atoms with van der Waals surface area (Å²) in [6.07, 6.45) is 8.11. The van der Waals surface area contributed by atoms with Crippen LogP contribution in [-0.4, -0.2) is 40.6 Å². The summed E-state index contributed by atoms with van der Waals surface area (Å²) in [5.74, 6) is 1.28. The van der Waals surface area contributed by atoms with Gasteiger partial charge in [-0.2, -0.15) is 0 Å². The third-order valence-corrected chi connectivity index (χ3v) is 4.82. The average Bonchev–Trinajstić information content (AvgIpc) is 3.09. The molecule has 0 saturated heterocycles. The number of Topliss-reactive ketones (excluding diaryl/α,β-unsaturated/α-hetero) is 1. The Morgan fingerprint density at radius 3 is 2.52 bits per heavy atom. The molecule has 0 saturated carbocycles. The van der Waals surface area contributed by atoms with E-state index in [2.05, 4.69) is 47.0 Å². The van der Waals surface area contributed by atoms with Gasteiger partial charge in [-0.3, -0.25) is 9.78 Å². The fourth-order valence-corrected chi connectivity index (χ4v) is 3.25. The van der Waals surface area contributed by atoms with Crippen molar-refractivity contribution < 1.29 is 4.79 Å². The average molecular weight is 401 g/mol. The van der Waals surface area contributed by atoms with Crippen molar-refractivity contribution in [2.45, 2.75) is 86.2 Å². The SMILES string of the molecule is CC.CCCNCCC.Cc1ccc2c(n1)CN1C2=N/C=C/CC(=O)CCC1C. The molecule has 2 aliphatic rings. The van der Waals surface area contributed by atoms with Crippen LogP contribution in [0.25, 0.3) is 0 Å². The first-order valence-electron chi connectivity index (χ1n) is 11.3. The number of carbonyl (C=O) groups is 1. The number of rotatable bonds is 4. The van der Waals surface area contributed by atoms with Gasteiger partial charge in [0.2, 0.25) is 0 Å². The second-order valence-corrected chi connectivity index (χ2v) is 7.29. The van der Waals surface area contributed by atoms with Gasteiger partial charge in [0.15, 0.2) is 0 Å². The summed E-state index contributed by atoms with van der Waals surface area (Å²) in [7, 11) is 0. The van der Waals surface area contributed by atoms with Gasteiger partial charge in [0.05, 0.1) is 12.2 Å². The minimum Gasteiger partial charge on any atom is -0.347 e. The molecule has 1 aromatic heterocycles. The zero-order valence-corrected chi connectivity index (χ0v) is 19.3. The normalized spacial score (nSPS) is 19.0. The molecule has 1 atom stereocenters. The van der Waals surface area contributed by atoms with Crippen molar-refractivity contribution in [2.24, 2.45) is 4.99 Å². The highest BCUT2D eigenvalue weighted by Gasteiger charge is 2.30. The maximum Gasteiger partial charge on any atom is 0.138 e. The number of nitrogens with zero attached hydrogens (tertiary/aromatic N) is 3. The first-order chi connectivity index (χ1) is 14.1. The number of nitrogens with one attached hydrogen (secondary N) is 1. The molecule has 0 amide bonds. The van der Waals surface area contributed by atoms with E-state index in [0.29, 0.717) is 18.9 Å². The number of carbonyl (C=O) groups excluding carboxylic acids is 1. The van der Waals surface area contributed by atoms with Gasteiger partial charge in [-0.25, -0.2) is 4.99 Å². The van der Waals surface area contributed by atoms with Crippen LogP contribution in [0.4, 0.5) is 0 Å². The molecular weight excluding hydrogens is 360 g/mol. The predicted octanol–water partition coefficient (Wildman–Crippen LogP) is 5.03. The lowest BCUT2D eigenvalue weighted by Crippen LogP contribution is -2.34. The molecule has 1 aromatic rings. The van der Waals surface area contributed by atoms with E-state index < -0.39 is 0 Å². The summed E-state index contributed by atoms with van der Waals surface area (Å²) < 4.78 is 0. The zero-order valence-electron chi connectivity index (χ0n) is 19.3. The minimum absolute atomic E-state index is 0.289. The second-order valence-electron chi connectivity index (χ2n) is 7.29. The number of allylic oxidation sites excluding steroid dienone is 1. The molecule has 0 aliphatic carbocycles. The lowest BCUT2D eigenvalue weighted by Gasteiger charge is -2.26. The van der Waals surface area contributed by atoms with Crippen molar-refractivity contribution in [1.29, 1.82) is 0 Å². The third kappa shape index (κ3) is 8.09. The van der Waals surface area contributed by atoms with E-state index >= 15 is 0 Å². The zero-order chi connectivity index (χ0) is 21.6.